The summed E-state index contributed by atoms with van der Waals surface area (Å²) in [5.74, 6) is -0.578. The third-order valence-electron chi connectivity index (χ3n) is 10.1. The molecule has 0 bridgehead atoms. The highest BCUT2D eigenvalue weighted by Gasteiger charge is 2.53. The van der Waals surface area contributed by atoms with Crippen molar-refractivity contribution < 1.29 is 69.0 Å². The van der Waals surface area contributed by atoms with E-state index >= 15 is 0 Å². The smallest absolute Gasteiger partial charge is 0.306 e. The highest BCUT2D eigenvalue weighted by molar-refractivity contribution is 5.69. The highest BCUT2D eigenvalue weighted by atomic mass is 16.7. The quantitative estimate of drug-likeness (QED) is 0.0440. The number of nitrogens with two attached hydrogens (primary N) is 3. The van der Waals surface area contributed by atoms with Gasteiger partial charge in [-0.3, -0.25) is 4.79 Å². The number of hydrogen-bond acceptors (Lipinski definition) is 17. The van der Waals surface area contributed by atoms with Crippen LogP contribution in [-0.4, -0.2) is 153 Å². The van der Waals surface area contributed by atoms with E-state index in [-0.39, 0.29) is 6.42 Å². The van der Waals surface area contributed by atoms with Crippen molar-refractivity contribution >= 4 is 5.97 Å². The Morgan fingerprint density at radius 1 is 0.549 bits per heavy atom. The molecule has 13 N–H and O–H groups in total. The summed E-state index contributed by atoms with van der Waals surface area (Å²) in [5.41, 5.74) is 18.4. The van der Waals surface area contributed by atoms with Crippen molar-refractivity contribution in [2.24, 2.45) is 17.2 Å². The predicted molar refractivity (Wildman–Crippen MR) is 181 cm³/mol. The van der Waals surface area contributed by atoms with Crippen molar-refractivity contribution in [3.05, 3.63) is 0 Å². The number of ether oxygens (including phenoxy) is 6. The summed E-state index contributed by atoms with van der Waals surface area (Å²) in [6.45, 7) is 0.174. The van der Waals surface area contributed by atoms with E-state index in [1.165, 1.54) is 57.8 Å². The summed E-state index contributed by atoms with van der Waals surface area (Å²) < 4.78 is 34.3. The van der Waals surface area contributed by atoms with Gasteiger partial charge in [0.25, 0.3) is 0 Å². The van der Waals surface area contributed by atoms with Crippen LogP contribution >= 0.6 is 0 Å². The van der Waals surface area contributed by atoms with Crippen LogP contribution in [0, 0.1) is 0 Å². The Balaban J connectivity index is 1.53. The van der Waals surface area contributed by atoms with Gasteiger partial charge >= 0.3 is 5.97 Å². The molecule has 17 heteroatoms. The Hall–Kier alpha value is -1.13. The molecule has 17 nitrogen and oxygen atoms in total. The zero-order valence-electron chi connectivity index (χ0n) is 29.9. The summed E-state index contributed by atoms with van der Waals surface area (Å²) in [5, 5.41) is 71.7. The minimum Gasteiger partial charge on any atom is -0.458 e. The van der Waals surface area contributed by atoms with Gasteiger partial charge in [-0.2, -0.15) is 0 Å². The first-order valence-corrected chi connectivity index (χ1v) is 18.8. The van der Waals surface area contributed by atoms with Crippen LogP contribution in [0.2, 0.25) is 0 Å². The van der Waals surface area contributed by atoms with E-state index in [4.69, 9.17) is 45.6 Å². The number of aliphatic hydroxyl groups excluding tert-OH is 7. The van der Waals surface area contributed by atoms with Crippen molar-refractivity contribution in [1.82, 2.24) is 0 Å². The molecular formula is C34H65N3O14. The molecule has 0 spiro atoms. The van der Waals surface area contributed by atoms with Crippen LogP contribution in [0.1, 0.15) is 96.8 Å². The van der Waals surface area contributed by atoms with Crippen LogP contribution in [0.15, 0.2) is 0 Å². The van der Waals surface area contributed by atoms with Gasteiger partial charge in [0.15, 0.2) is 25.0 Å². The third kappa shape index (κ3) is 12.7. The molecule has 0 saturated carbocycles. The van der Waals surface area contributed by atoms with Crippen LogP contribution in [0.3, 0.4) is 0 Å². The number of aliphatic hydroxyl groups is 7. The van der Waals surface area contributed by atoms with Crippen LogP contribution in [-0.2, 0) is 33.2 Å². The molecule has 3 saturated heterocycles. The van der Waals surface area contributed by atoms with Crippen molar-refractivity contribution in [1.29, 1.82) is 0 Å². The molecule has 3 aliphatic heterocycles. The number of carbonyl (C=O) groups excluding carboxylic acids is 1. The second-order valence-corrected chi connectivity index (χ2v) is 14.1. The lowest BCUT2D eigenvalue weighted by molar-refractivity contribution is -0.348. The van der Waals surface area contributed by atoms with Crippen LogP contribution in [0.4, 0.5) is 0 Å². The van der Waals surface area contributed by atoms with Gasteiger partial charge in [0.05, 0.1) is 37.9 Å². The Kier molecular flexibility index (Phi) is 19.9. The van der Waals surface area contributed by atoms with E-state index < -0.39 is 118 Å². The Bertz CT molecular complexity index is 969. The Morgan fingerprint density at radius 3 is 1.53 bits per heavy atom. The van der Waals surface area contributed by atoms with Crippen molar-refractivity contribution in [3.8, 4) is 0 Å². The van der Waals surface area contributed by atoms with Gasteiger partial charge in [-0.1, -0.05) is 84.0 Å². The van der Waals surface area contributed by atoms with Crippen molar-refractivity contribution in [2.75, 3.05) is 19.8 Å². The minimum absolute atomic E-state index is 0.104. The minimum atomic E-state index is -1.60. The van der Waals surface area contributed by atoms with Crippen molar-refractivity contribution in [2.45, 2.75) is 189 Å². The predicted octanol–water partition coefficient (Wildman–Crippen LogP) is -1.64. The molecule has 3 rings (SSSR count). The van der Waals surface area contributed by atoms with Gasteiger partial charge in [-0.05, 0) is 6.42 Å². The first-order chi connectivity index (χ1) is 24.5. The number of esters is 1. The van der Waals surface area contributed by atoms with Crippen molar-refractivity contribution in [3.63, 3.8) is 0 Å². The average Bonchev–Trinajstić information content (AvgIpc) is 3.12. The zero-order valence-corrected chi connectivity index (χ0v) is 29.9. The monoisotopic (exact) mass is 739 g/mol. The number of hydrogen-bond donors (Lipinski definition) is 10. The molecular weight excluding hydrogens is 674 g/mol. The summed E-state index contributed by atoms with van der Waals surface area (Å²) >= 11 is 0. The molecule has 51 heavy (non-hydrogen) atoms. The van der Waals surface area contributed by atoms with Gasteiger partial charge in [-0.15, -0.1) is 0 Å². The molecule has 0 aromatic rings. The average molecular weight is 740 g/mol. The number of unbranched alkanes of at least 4 members (excludes halogenated alkanes) is 12. The fraction of sp³-hybridized carbons (Fsp3) is 0.971. The maximum absolute atomic E-state index is 12.9. The summed E-state index contributed by atoms with van der Waals surface area (Å²) in [4.78, 5) is 12.9. The van der Waals surface area contributed by atoms with E-state index in [9.17, 15) is 40.5 Å². The van der Waals surface area contributed by atoms with Gasteiger partial charge in [0.1, 0.15) is 48.8 Å². The molecule has 300 valence electrons. The fourth-order valence-corrected chi connectivity index (χ4v) is 6.81. The van der Waals surface area contributed by atoms with E-state index in [1.807, 2.05) is 0 Å². The van der Waals surface area contributed by atoms with Crippen LogP contribution in [0.25, 0.3) is 0 Å². The Labute approximate surface area is 300 Å². The van der Waals surface area contributed by atoms with E-state index in [0.717, 1.165) is 19.3 Å². The first-order valence-electron chi connectivity index (χ1n) is 18.8. The molecule has 0 amide bonds. The largest absolute Gasteiger partial charge is 0.458 e. The maximum Gasteiger partial charge on any atom is 0.306 e. The summed E-state index contributed by atoms with van der Waals surface area (Å²) in [7, 11) is 0. The normalized spacial score (nSPS) is 38.8. The lowest BCUT2D eigenvalue weighted by Crippen LogP contribution is -2.69. The summed E-state index contributed by atoms with van der Waals surface area (Å²) in [6.07, 6.45) is -1.82. The second kappa shape index (κ2) is 22.9. The van der Waals surface area contributed by atoms with Gasteiger partial charge in [0, 0.05) is 6.42 Å². The number of rotatable bonds is 22. The molecule has 0 aromatic carbocycles. The topological polar surface area (TPSA) is 292 Å². The molecule has 15 atom stereocenters. The molecule has 3 fully saturated rings. The second-order valence-electron chi connectivity index (χ2n) is 14.1. The lowest BCUT2D eigenvalue weighted by Gasteiger charge is -2.48. The van der Waals surface area contributed by atoms with Crippen LogP contribution < -0.4 is 17.2 Å². The SMILES string of the molecule is CCCCCCCCCCCCCCCC(=O)O[C@H]1C(O[C@@H]2O[C@H](CO)C(O[C@@H]3O[C@H](CO)[C@@H](O)[C@H](O)[C@H]3N)[C@H](O)[C@H]2N)[C@@H](CO)O[C@@H](O)[C@@H]1N. The molecule has 0 radical (unpaired) electrons. The van der Waals surface area contributed by atoms with Gasteiger partial charge < -0.3 is 81.4 Å². The van der Waals surface area contributed by atoms with Gasteiger partial charge in [0.2, 0.25) is 0 Å². The van der Waals surface area contributed by atoms with E-state index in [1.54, 1.807) is 0 Å². The first kappa shape index (κ1) is 44.3. The lowest BCUT2D eigenvalue weighted by atomic mass is 9.94. The van der Waals surface area contributed by atoms with E-state index in [0.29, 0.717) is 6.42 Å². The molecule has 3 aliphatic rings. The van der Waals surface area contributed by atoms with E-state index in [2.05, 4.69) is 6.92 Å². The Morgan fingerprint density at radius 2 is 1.00 bits per heavy atom. The standard InChI is InChI=1S/C34H65N3O14/c1-2-3-4-5-6-7-8-9-10-11-12-13-14-15-22(41)49-31-25(37)32(45)46-21(18-40)30(31)51-34-24(36)28(44)29(20(17-39)48-34)50-33-23(35)27(43)26(42)19(16-38)47-33/h19-21,23-34,38-40,42-45H,2-18,35-37H2,1H3/t19-,20-,21-,23-,24-,25-,26-,27-,28-,29?,30?,31-,32-,33+,34+/m1/s1. The molecule has 0 aliphatic carbocycles. The zero-order chi connectivity index (χ0) is 37.5. The number of carbonyl (C=O) groups is 1. The molecule has 2 unspecified atom stereocenters. The highest BCUT2D eigenvalue weighted by Crippen LogP contribution is 2.32. The fourth-order valence-electron chi connectivity index (χ4n) is 6.81. The van der Waals surface area contributed by atoms with Crippen LogP contribution in [0.5, 0.6) is 0 Å². The molecule has 3 heterocycles. The van der Waals surface area contributed by atoms with Gasteiger partial charge in [-0.25, -0.2) is 0 Å². The third-order valence-corrected chi connectivity index (χ3v) is 10.1. The maximum atomic E-state index is 12.9. The summed E-state index contributed by atoms with van der Waals surface area (Å²) in [6, 6.07) is -3.94. The molecule has 0 aromatic heterocycles.